The Hall–Kier alpha value is -0.290. The van der Waals surface area contributed by atoms with Gasteiger partial charge in [0.1, 0.15) is 23.7 Å². The Labute approximate surface area is 289 Å². The fourth-order valence-corrected chi connectivity index (χ4v) is 7.65. The van der Waals surface area contributed by atoms with Crippen molar-refractivity contribution in [2.75, 3.05) is 19.8 Å². The highest BCUT2D eigenvalue weighted by Crippen LogP contribution is 2.33. The van der Waals surface area contributed by atoms with Crippen LogP contribution in [0.4, 0.5) is 0 Å². The molecule has 0 aliphatic carbocycles. The van der Waals surface area contributed by atoms with Gasteiger partial charge >= 0.3 is 5.97 Å². The Bertz CT molecular complexity index is 811. The Morgan fingerprint density at radius 1 is 0.956 bits per heavy atom. The van der Waals surface area contributed by atoms with E-state index in [2.05, 4.69) is 24.1 Å². The van der Waals surface area contributed by atoms with Crippen molar-refractivity contribution >= 4 is 47.6 Å². The van der Waals surface area contributed by atoms with E-state index in [1.54, 1.807) is 13.2 Å². The summed E-state index contributed by atoms with van der Waals surface area (Å²) in [5.41, 5.74) is -0.702. The summed E-state index contributed by atoms with van der Waals surface area (Å²) in [6, 6.07) is -1.00. The zero-order valence-corrected chi connectivity index (χ0v) is 31.0. The van der Waals surface area contributed by atoms with E-state index in [-0.39, 0.29) is 30.8 Å². The van der Waals surface area contributed by atoms with Crippen LogP contribution in [0.15, 0.2) is 0 Å². The van der Waals surface area contributed by atoms with Gasteiger partial charge in [-0.15, -0.1) is 35.8 Å². The molecule has 2 heterocycles. The van der Waals surface area contributed by atoms with Crippen LogP contribution >= 0.6 is 35.8 Å². The average Bonchev–Trinajstić information content (AvgIpc) is 3.36. The first kappa shape index (κ1) is 42.7. The van der Waals surface area contributed by atoms with E-state index in [1.165, 1.54) is 76.0 Å². The van der Waals surface area contributed by atoms with Crippen LogP contribution in [-0.2, 0) is 19.1 Å². The molecule has 1 unspecified atom stereocenters. The zero-order chi connectivity index (χ0) is 32.5. The number of thioether (sulfide) groups is 1. The Kier molecular flexibility index (Phi) is 22.7. The molecule has 9 atom stereocenters. The van der Waals surface area contributed by atoms with Crippen molar-refractivity contribution in [2.45, 2.75) is 177 Å². The second kappa shape index (κ2) is 23.9. The van der Waals surface area contributed by atoms with Crippen molar-refractivity contribution in [3.05, 3.63) is 0 Å². The SMILES string of the molecule is CCCCCCCCCCCCCCCC(=O)O[C@@H]1[C@@H](O)[C@@H](O)[C@H](C(NC(=O)[C@@H]2C[C@@H](CCC)CN2C)[C@H](C)Cl)O[C@@H]1SC.Cl. The van der Waals surface area contributed by atoms with E-state index >= 15 is 0 Å². The Balaban J connectivity index is 0.0000101. The Morgan fingerprint density at radius 3 is 2.02 bits per heavy atom. The monoisotopic (exact) mass is 698 g/mol. The zero-order valence-electron chi connectivity index (χ0n) is 28.6. The number of likely N-dealkylation sites (N-methyl/N-ethyl adjacent to an activating group) is 1. The summed E-state index contributed by atoms with van der Waals surface area (Å²) in [6.45, 7) is 7.01. The highest BCUT2D eigenvalue weighted by molar-refractivity contribution is 7.99. The number of unbranched alkanes of at least 4 members (excludes halogenated alkanes) is 12. The van der Waals surface area contributed by atoms with Crippen LogP contribution in [-0.4, -0.2) is 94.2 Å². The van der Waals surface area contributed by atoms with Crippen molar-refractivity contribution in [2.24, 2.45) is 5.92 Å². The molecule has 3 N–H and O–H groups in total. The van der Waals surface area contributed by atoms with Gasteiger partial charge in [0.15, 0.2) is 6.10 Å². The molecule has 0 saturated carbocycles. The molecule has 0 aromatic rings. The van der Waals surface area contributed by atoms with E-state index in [0.29, 0.717) is 5.92 Å². The molecule has 2 aliphatic heterocycles. The number of rotatable bonds is 22. The topological polar surface area (TPSA) is 108 Å². The minimum absolute atomic E-state index is 0. The summed E-state index contributed by atoms with van der Waals surface area (Å²) >= 11 is 7.82. The molecule has 45 heavy (non-hydrogen) atoms. The lowest BCUT2D eigenvalue weighted by Gasteiger charge is -2.45. The van der Waals surface area contributed by atoms with E-state index in [9.17, 15) is 19.8 Å². The summed E-state index contributed by atoms with van der Waals surface area (Å²) in [5.74, 6) is -0.0742. The molecule has 0 bridgehead atoms. The molecular formula is C34H64Cl2N2O6S. The minimum atomic E-state index is -1.38. The van der Waals surface area contributed by atoms with Crippen molar-refractivity contribution in [1.29, 1.82) is 0 Å². The van der Waals surface area contributed by atoms with Crippen LogP contribution in [0.3, 0.4) is 0 Å². The molecule has 2 aliphatic rings. The second-order valence-corrected chi connectivity index (χ2v) is 14.8. The number of esters is 1. The lowest BCUT2D eigenvalue weighted by atomic mass is 9.92. The fourth-order valence-electron chi connectivity index (χ4n) is 6.72. The minimum Gasteiger partial charge on any atom is -0.456 e. The molecule has 266 valence electrons. The molecule has 0 aromatic carbocycles. The van der Waals surface area contributed by atoms with Crippen LogP contribution in [0.1, 0.15) is 130 Å². The summed E-state index contributed by atoms with van der Waals surface area (Å²) in [4.78, 5) is 28.0. The fraction of sp³-hybridized carbons (Fsp3) is 0.941. The number of nitrogens with one attached hydrogen (secondary N) is 1. The standard InChI is InChI=1S/C34H63ClN2O6S.ClH/c1-6-8-9-10-11-12-13-14-15-16-17-18-19-21-27(38)42-32-30(40)29(39)31(43-34(32)44-5)28(24(3)35)36-33(41)26-22-25(20-7-2)23-37(26)4;/h24-26,28-32,34,39-40H,6-23H2,1-5H3,(H,36,41);1H/t24-,25+,26-,28?,29+,30-,31-,32+,34+;/m0./s1. The quantitative estimate of drug-likeness (QED) is 0.0641. The van der Waals surface area contributed by atoms with Gasteiger partial charge in [-0.2, -0.15) is 0 Å². The van der Waals surface area contributed by atoms with Gasteiger partial charge in [-0.05, 0) is 45.4 Å². The first-order valence-electron chi connectivity index (χ1n) is 17.5. The van der Waals surface area contributed by atoms with Crippen molar-refractivity contribution in [3.63, 3.8) is 0 Å². The van der Waals surface area contributed by atoms with Crippen molar-refractivity contribution in [1.82, 2.24) is 10.2 Å². The molecule has 2 saturated heterocycles. The molecule has 0 radical (unpaired) electrons. The van der Waals surface area contributed by atoms with Gasteiger partial charge in [0.25, 0.3) is 0 Å². The van der Waals surface area contributed by atoms with E-state index in [1.807, 2.05) is 7.05 Å². The molecule has 8 nitrogen and oxygen atoms in total. The number of halogens is 2. The van der Waals surface area contributed by atoms with E-state index in [0.717, 1.165) is 45.1 Å². The third kappa shape index (κ3) is 14.8. The first-order chi connectivity index (χ1) is 21.1. The third-order valence-electron chi connectivity index (χ3n) is 9.36. The maximum Gasteiger partial charge on any atom is 0.306 e. The van der Waals surface area contributed by atoms with Gasteiger partial charge in [0, 0.05) is 13.0 Å². The van der Waals surface area contributed by atoms with E-state index in [4.69, 9.17) is 21.1 Å². The maximum atomic E-state index is 13.3. The number of likely N-dealkylation sites (tertiary alicyclic amines) is 1. The predicted octanol–water partition coefficient (Wildman–Crippen LogP) is 6.84. The van der Waals surface area contributed by atoms with Crippen LogP contribution < -0.4 is 5.32 Å². The molecule has 2 rings (SSSR count). The third-order valence-corrected chi connectivity index (χ3v) is 10.5. The van der Waals surface area contributed by atoms with Crippen molar-refractivity contribution in [3.8, 4) is 0 Å². The molecule has 2 fully saturated rings. The summed E-state index contributed by atoms with van der Waals surface area (Å²) in [5, 5.41) is 24.6. The van der Waals surface area contributed by atoms with Crippen LogP contribution in [0.5, 0.6) is 0 Å². The highest BCUT2D eigenvalue weighted by atomic mass is 35.5. The lowest BCUT2D eigenvalue weighted by molar-refractivity contribution is -0.218. The predicted molar refractivity (Wildman–Crippen MR) is 188 cm³/mol. The molecule has 0 aromatic heterocycles. The number of hydrogen-bond acceptors (Lipinski definition) is 8. The van der Waals surface area contributed by atoms with Gasteiger partial charge in [-0.25, -0.2) is 0 Å². The van der Waals surface area contributed by atoms with Gasteiger partial charge in [-0.3, -0.25) is 14.5 Å². The van der Waals surface area contributed by atoms with Gasteiger partial charge < -0.3 is 25.0 Å². The van der Waals surface area contributed by atoms with Crippen LogP contribution in [0.25, 0.3) is 0 Å². The maximum absolute atomic E-state index is 13.3. The number of amides is 1. The normalized spacial score (nSPS) is 28.3. The molecule has 1 amide bonds. The highest BCUT2D eigenvalue weighted by Gasteiger charge is 2.50. The number of nitrogens with zero attached hydrogens (tertiary/aromatic N) is 1. The molecular weight excluding hydrogens is 635 g/mol. The van der Waals surface area contributed by atoms with Crippen LogP contribution in [0, 0.1) is 5.92 Å². The Morgan fingerprint density at radius 2 is 1.51 bits per heavy atom. The summed E-state index contributed by atoms with van der Waals surface area (Å²) in [6.07, 6.45) is 16.3. The number of aliphatic hydroxyl groups excluding tert-OH is 2. The number of aliphatic hydroxyl groups is 2. The smallest absolute Gasteiger partial charge is 0.306 e. The first-order valence-corrected chi connectivity index (χ1v) is 19.2. The van der Waals surface area contributed by atoms with Crippen molar-refractivity contribution < 1.29 is 29.3 Å². The summed E-state index contributed by atoms with van der Waals surface area (Å²) < 4.78 is 11.9. The number of carbonyl (C=O) groups is 2. The molecule has 11 heteroatoms. The van der Waals surface area contributed by atoms with Gasteiger partial charge in [0.05, 0.1) is 17.5 Å². The lowest BCUT2D eigenvalue weighted by Crippen LogP contribution is -2.65. The largest absolute Gasteiger partial charge is 0.456 e. The summed E-state index contributed by atoms with van der Waals surface area (Å²) in [7, 11) is 1.95. The number of ether oxygens (including phenoxy) is 2. The van der Waals surface area contributed by atoms with Gasteiger partial charge in [0.2, 0.25) is 5.91 Å². The van der Waals surface area contributed by atoms with Crippen LogP contribution in [0.2, 0.25) is 0 Å². The van der Waals surface area contributed by atoms with Gasteiger partial charge in [-0.1, -0.05) is 97.3 Å². The van der Waals surface area contributed by atoms with E-state index < -0.39 is 47.2 Å². The number of alkyl halides is 1. The average molecular weight is 700 g/mol. The number of carbonyl (C=O) groups excluding carboxylic acids is 2. The number of hydrogen-bond donors (Lipinski definition) is 3. The molecule has 0 spiro atoms. The second-order valence-electron chi connectivity index (χ2n) is 13.2.